The molecule has 0 aromatic rings. The minimum atomic E-state index is -0.814. The SMILES string of the molecule is CC/C=C\C/C=C\C/C=C\C/C=C\C/C=C\C/C=C\CCC(=O)OC(COC(=O)CCCCCCCCCCCCCCCCCCC)COC(=O)CCCCCCCCCCCCCCCCCCCCCCCCC. The molecule has 0 saturated carbocycles. The molecule has 0 spiro atoms. The molecule has 77 heavy (non-hydrogen) atoms. The lowest BCUT2D eigenvalue weighted by Crippen LogP contribution is -2.30. The predicted octanol–water partition coefficient (Wildman–Crippen LogP) is 22.9. The van der Waals surface area contributed by atoms with Crippen LogP contribution in [-0.4, -0.2) is 37.2 Å². The van der Waals surface area contributed by atoms with Crippen molar-refractivity contribution < 1.29 is 28.6 Å². The first kappa shape index (κ1) is 73.8. The molecule has 1 atom stereocenters. The van der Waals surface area contributed by atoms with Gasteiger partial charge in [0.25, 0.3) is 0 Å². The lowest BCUT2D eigenvalue weighted by molar-refractivity contribution is -0.166. The van der Waals surface area contributed by atoms with Crippen LogP contribution in [0.15, 0.2) is 72.9 Å². The van der Waals surface area contributed by atoms with E-state index in [0.717, 1.165) is 77.0 Å². The first-order valence-electron chi connectivity index (χ1n) is 33.4. The van der Waals surface area contributed by atoms with Crippen molar-refractivity contribution in [1.29, 1.82) is 0 Å². The highest BCUT2D eigenvalue weighted by Crippen LogP contribution is 2.18. The van der Waals surface area contributed by atoms with Gasteiger partial charge in [-0.3, -0.25) is 14.4 Å². The lowest BCUT2D eigenvalue weighted by Gasteiger charge is -2.18. The van der Waals surface area contributed by atoms with Crippen molar-refractivity contribution in [2.45, 2.75) is 348 Å². The Morgan fingerprint density at radius 2 is 0.506 bits per heavy atom. The average molecular weight is 1080 g/mol. The molecule has 6 nitrogen and oxygen atoms in total. The zero-order valence-corrected chi connectivity index (χ0v) is 51.2. The quantitative estimate of drug-likeness (QED) is 0.0261. The summed E-state index contributed by atoms with van der Waals surface area (Å²) < 4.78 is 16.9. The normalized spacial score (nSPS) is 12.5. The molecule has 0 aliphatic heterocycles. The second-order valence-electron chi connectivity index (χ2n) is 22.4. The van der Waals surface area contributed by atoms with Crippen molar-refractivity contribution in [2.24, 2.45) is 0 Å². The smallest absolute Gasteiger partial charge is 0.306 e. The number of ether oxygens (including phenoxy) is 3. The van der Waals surface area contributed by atoms with Gasteiger partial charge >= 0.3 is 17.9 Å². The van der Waals surface area contributed by atoms with Gasteiger partial charge in [0.2, 0.25) is 0 Å². The summed E-state index contributed by atoms with van der Waals surface area (Å²) in [4.78, 5) is 38.3. The van der Waals surface area contributed by atoms with Gasteiger partial charge in [-0.25, -0.2) is 0 Å². The molecule has 0 fully saturated rings. The molecule has 0 aromatic heterocycles. The summed E-state index contributed by atoms with van der Waals surface area (Å²) in [6, 6.07) is 0. The van der Waals surface area contributed by atoms with Gasteiger partial charge in [-0.05, 0) is 57.8 Å². The molecule has 1 unspecified atom stereocenters. The molecule has 0 rings (SSSR count). The van der Waals surface area contributed by atoms with Crippen LogP contribution in [0.5, 0.6) is 0 Å². The predicted molar refractivity (Wildman–Crippen MR) is 335 cm³/mol. The van der Waals surface area contributed by atoms with Crippen LogP contribution >= 0.6 is 0 Å². The Kier molecular flexibility index (Phi) is 62.7. The molecule has 0 N–H and O–H groups in total. The van der Waals surface area contributed by atoms with E-state index in [4.69, 9.17) is 14.2 Å². The van der Waals surface area contributed by atoms with Crippen LogP contribution in [0.1, 0.15) is 342 Å². The fourth-order valence-electron chi connectivity index (χ4n) is 9.77. The molecule has 0 aliphatic carbocycles. The highest BCUT2D eigenvalue weighted by molar-refractivity contribution is 5.71. The second-order valence-corrected chi connectivity index (χ2v) is 22.4. The van der Waals surface area contributed by atoms with Gasteiger partial charge in [0, 0.05) is 19.3 Å². The molecule has 0 aromatic carbocycles. The van der Waals surface area contributed by atoms with Crippen LogP contribution in [0.2, 0.25) is 0 Å². The summed E-state index contributed by atoms with van der Waals surface area (Å²) in [6.07, 6.45) is 85.0. The third kappa shape index (κ3) is 63.6. The van der Waals surface area contributed by atoms with Crippen molar-refractivity contribution in [3.63, 3.8) is 0 Å². The number of hydrogen-bond acceptors (Lipinski definition) is 6. The number of carbonyl (C=O) groups excluding carboxylic acids is 3. The Morgan fingerprint density at radius 1 is 0.273 bits per heavy atom. The maximum atomic E-state index is 12.9. The van der Waals surface area contributed by atoms with Crippen molar-refractivity contribution in [1.82, 2.24) is 0 Å². The van der Waals surface area contributed by atoms with E-state index in [1.807, 2.05) is 6.08 Å². The number of rotatable bonds is 61. The Morgan fingerprint density at radius 3 is 0.766 bits per heavy atom. The third-order valence-electron chi connectivity index (χ3n) is 14.7. The first-order chi connectivity index (χ1) is 38.0. The van der Waals surface area contributed by atoms with Gasteiger partial charge in [-0.1, -0.05) is 338 Å². The van der Waals surface area contributed by atoms with E-state index in [-0.39, 0.29) is 37.5 Å². The van der Waals surface area contributed by atoms with Crippen LogP contribution in [0.25, 0.3) is 0 Å². The van der Waals surface area contributed by atoms with Gasteiger partial charge in [-0.15, -0.1) is 0 Å². The van der Waals surface area contributed by atoms with Crippen LogP contribution in [0.4, 0.5) is 0 Å². The number of allylic oxidation sites excluding steroid dienone is 12. The zero-order chi connectivity index (χ0) is 55.7. The van der Waals surface area contributed by atoms with Crippen LogP contribution in [0.3, 0.4) is 0 Å². The molecule has 446 valence electrons. The fraction of sp³-hybridized carbons (Fsp3) is 0.789. The average Bonchev–Trinajstić information content (AvgIpc) is 3.43. The van der Waals surface area contributed by atoms with Crippen molar-refractivity contribution >= 4 is 17.9 Å². The minimum absolute atomic E-state index is 0.101. The van der Waals surface area contributed by atoms with E-state index in [9.17, 15) is 14.4 Å². The molecule has 0 amide bonds. The molecule has 0 heterocycles. The van der Waals surface area contributed by atoms with E-state index in [0.29, 0.717) is 19.3 Å². The zero-order valence-electron chi connectivity index (χ0n) is 51.2. The fourth-order valence-corrected chi connectivity index (χ4v) is 9.77. The second kappa shape index (κ2) is 65.4. The van der Waals surface area contributed by atoms with Gasteiger partial charge in [0.15, 0.2) is 6.10 Å². The summed E-state index contributed by atoms with van der Waals surface area (Å²) in [6.45, 7) is 6.53. The monoisotopic (exact) mass is 1070 g/mol. The van der Waals surface area contributed by atoms with Gasteiger partial charge in [-0.2, -0.15) is 0 Å². The number of carbonyl (C=O) groups is 3. The van der Waals surface area contributed by atoms with Gasteiger partial charge in [0.1, 0.15) is 13.2 Å². The summed E-state index contributed by atoms with van der Waals surface area (Å²) in [5.74, 6) is -0.965. The van der Waals surface area contributed by atoms with Crippen molar-refractivity contribution in [3.8, 4) is 0 Å². The van der Waals surface area contributed by atoms with Crippen LogP contribution in [0, 0.1) is 0 Å². The first-order valence-corrected chi connectivity index (χ1v) is 33.4. The van der Waals surface area contributed by atoms with Crippen molar-refractivity contribution in [2.75, 3.05) is 13.2 Å². The van der Waals surface area contributed by atoms with Crippen LogP contribution < -0.4 is 0 Å². The molecule has 0 bridgehead atoms. The van der Waals surface area contributed by atoms with Gasteiger partial charge < -0.3 is 14.2 Å². The molecular formula is C71H126O6. The van der Waals surface area contributed by atoms with Gasteiger partial charge in [0.05, 0.1) is 0 Å². The molecule has 6 heteroatoms. The Labute approximate surface area is 478 Å². The number of hydrogen-bond donors (Lipinski definition) is 0. The Balaban J connectivity index is 4.40. The molecular weight excluding hydrogens is 949 g/mol. The van der Waals surface area contributed by atoms with E-state index in [1.54, 1.807) is 0 Å². The van der Waals surface area contributed by atoms with E-state index < -0.39 is 6.10 Å². The van der Waals surface area contributed by atoms with Crippen LogP contribution in [-0.2, 0) is 28.6 Å². The maximum Gasteiger partial charge on any atom is 0.306 e. The summed E-state index contributed by atoms with van der Waals surface area (Å²) in [5.41, 5.74) is 0. The van der Waals surface area contributed by atoms with E-state index >= 15 is 0 Å². The summed E-state index contributed by atoms with van der Waals surface area (Å²) in [5, 5.41) is 0. The summed E-state index contributed by atoms with van der Waals surface area (Å²) >= 11 is 0. The number of esters is 3. The molecule has 0 aliphatic rings. The standard InChI is InChI=1S/C71H126O6/c1-4-7-10-13-16-19-22-25-28-31-33-34-35-36-38-40-43-46-49-52-55-58-61-64-70(73)76-67-68(66-75-69(72)63-60-57-54-51-48-45-42-39-30-27-24-21-18-15-12-9-6-3)77-71(74)65-62-59-56-53-50-47-44-41-37-32-29-26-23-20-17-14-11-8-5-2/h8,11,17,20,26,29,37,41,47,50,56,59,68H,4-7,9-10,12-16,18-19,21-25,27-28,30-36,38-40,42-46,48-49,51-55,57-58,60-67H2,1-3H3/b11-8-,20-17-,29-26-,41-37-,50-47-,59-56-. The molecule has 0 saturated heterocycles. The van der Waals surface area contributed by atoms with E-state index in [1.165, 1.54) is 218 Å². The third-order valence-corrected chi connectivity index (χ3v) is 14.7. The Bertz CT molecular complexity index is 1420. The Hall–Kier alpha value is -3.15. The van der Waals surface area contributed by atoms with Crippen molar-refractivity contribution in [3.05, 3.63) is 72.9 Å². The molecule has 0 radical (unpaired) electrons. The number of unbranched alkanes of at least 4 members (excludes halogenated alkanes) is 38. The maximum absolute atomic E-state index is 12.9. The minimum Gasteiger partial charge on any atom is -0.462 e. The highest BCUT2D eigenvalue weighted by Gasteiger charge is 2.19. The largest absolute Gasteiger partial charge is 0.462 e. The summed E-state index contributed by atoms with van der Waals surface area (Å²) in [7, 11) is 0. The lowest BCUT2D eigenvalue weighted by atomic mass is 10.0. The highest BCUT2D eigenvalue weighted by atomic mass is 16.6. The van der Waals surface area contributed by atoms with E-state index in [2.05, 4.69) is 87.6 Å². The topological polar surface area (TPSA) is 78.9 Å².